The van der Waals surface area contributed by atoms with E-state index in [2.05, 4.69) is 5.32 Å². The predicted octanol–water partition coefficient (Wildman–Crippen LogP) is 2.06. The highest BCUT2D eigenvalue weighted by Crippen LogP contribution is 2.30. The number of carbonyl (C=O) groups excluding carboxylic acids is 1. The first-order chi connectivity index (χ1) is 10.1. The van der Waals surface area contributed by atoms with Crippen molar-refractivity contribution < 1.29 is 9.90 Å². The van der Waals surface area contributed by atoms with Gasteiger partial charge < -0.3 is 16.2 Å². The summed E-state index contributed by atoms with van der Waals surface area (Å²) in [6.45, 7) is 1.88. The number of benzene rings is 2. The smallest absolute Gasteiger partial charge is 0.255 e. The zero-order valence-corrected chi connectivity index (χ0v) is 11.8. The Bertz CT molecular complexity index is 697. The summed E-state index contributed by atoms with van der Waals surface area (Å²) in [5.74, 6) is -0.314. The maximum absolute atomic E-state index is 12.4. The number of carbonyl (C=O) groups is 1. The van der Waals surface area contributed by atoms with Gasteiger partial charge in [-0.3, -0.25) is 4.79 Å². The second kappa shape index (κ2) is 5.22. The standard InChI is InChI=1S/C17H18N2O2/c1-10-6-7-15(20)13(8-10)17(21)19-16-12-5-3-2-4-11(12)9-14(16)18/h2-8,14,16,20H,9,18H2,1H3,(H,19,21). The van der Waals surface area contributed by atoms with E-state index in [1.54, 1.807) is 12.1 Å². The fourth-order valence-electron chi connectivity index (χ4n) is 2.86. The van der Waals surface area contributed by atoms with E-state index >= 15 is 0 Å². The fraction of sp³-hybridized carbons (Fsp3) is 0.235. The van der Waals surface area contributed by atoms with Crippen molar-refractivity contribution in [2.45, 2.75) is 25.4 Å². The molecule has 2 aromatic rings. The average molecular weight is 282 g/mol. The molecule has 21 heavy (non-hydrogen) atoms. The lowest BCUT2D eigenvalue weighted by molar-refractivity contribution is 0.0930. The van der Waals surface area contributed by atoms with Crippen LogP contribution in [-0.2, 0) is 6.42 Å². The largest absolute Gasteiger partial charge is 0.507 e. The van der Waals surface area contributed by atoms with Gasteiger partial charge in [0.1, 0.15) is 5.75 Å². The summed E-state index contributed by atoms with van der Waals surface area (Å²) >= 11 is 0. The number of hydrogen-bond acceptors (Lipinski definition) is 3. The molecule has 0 aliphatic heterocycles. The Labute approximate surface area is 123 Å². The highest BCUT2D eigenvalue weighted by Gasteiger charge is 2.31. The first kappa shape index (κ1) is 13.6. The molecule has 2 atom stereocenters. The van der Waals surface area contributed by atoms with Crippen LogP contribution in [0.2, 0.25) is 0 Å². The second-order valence-electron chi connectivity index (χ2n) is 5.54. The zero-order chi connectivity index (χ0) is 15.0. The van der Waals surface area contributed by atoms with Crippen molar-refractivity contribution in [2.75, 3.05) is 0 Å². The summed E-state index contributed by atoms with van der Waals surface area (Å²) in [4.78, 5) is 12.4. The predicted molar refractivity (Wildman–Crippen MR) is 81.2 cm³/mol. The molecule has 0 radical (unpaired) electrons. The number of nitrogens with two attached hydrogens (primary N) is 1. The molecule has 0 saturated carbocycles. The number of amides is 1. The summed E-state index contributed by atoms with van der Waals surface area (Å²) < 4.78 is 0. The first-order valence-electron chi connectivity index (χ1n) is 7.00. The van der Waals surface area contributed by atoms with Crippen molar-refractivity contribution in [3.05, 3.63) is 64.7 Å². The maximum Gasteiger partial charge on any atom is 0.255 e. The number of hydrogen-bond donors (Lipinski definition) is 3. The summed E-state index contributed by atoms with van der Waals surface area (Å²) in [6, 6.07) is 12.6. The minimum Gasteiger partial charge on any atom is -0.507 e. The van der Waals surface area contributed by atoms with Crippen LogP contribution in [0.15, 0.2) is 42.5 Å². The molecule has 4 N–H and O–H groups in total. The van der Waals surface area contributed by atoms with Crippen LogP contribution in [0.25, 0.3) is 0 Å². The molecule has 3 rings (SSSR count). The lowest BCUT2D eigenvalue weighted by Gasteiger charge is -2.19. The normalized spacial score (nSPS) is 20.1. The molecule has 1 aliphatic carbocycles. The van der Waals surface area contributed by atoms with Crippen molar-refractivity contribution in [2.24, 2.45) is 5.73 Å². The number of rotatable bonds is 2. The highest BCUT2D eigenvalue weighted by molar-refractivity contribution is 5.97. The van der Waals surface area contributed by atoms with Gasteiger partial charge in [0.25, 0.3) is 5.91 Å². The van der Waals surface area contributed by atoms with Crippen LogP contribution in [0.5, 0.6) is 5.75 Å². The Morgan fingerprint density at radius 3 is 2.86 bits per heavy atom. The first-order valence-corrected chi connectivity index (χ1v) is 7.00. The van der Waals surface area contributed by atoms with Crippen molar-refractivity contribution in [3.8, 4) is 5.75 Å². The molecule has 108 valence electrons. The zero-order valence-electron chi connectivity index (χ0n) is 11.8. The van der Waals surface area contributed by atoms with Gasteiger partial charge in [0.2, 0.25) is 0 Å². The molecule has 0 bridgehead atoms. The molecule has 2 unspecified atom stereocenters. The lowest BCUT2D eigenvalue weighted by Crippen LogP contribution is -2.38. The van der Waals surface area contributed by atoms with Gasteiger partial charge in [-0.25, -0.2) is 0 Å². The molecular formula is C17H18N2O2. The van der Waals surface area contributed by atoms with Gasteiger partial charge in [-0.1, -0.05) is 35.9 Å². The third kappa shape index (κ3) is 2.50. The van der Waals surface area contributed by atoms with Gasteiger partial charge >= 0.3 is 0 Å². The summed E-state index contributed by atoms with van der Waals surface area (Å²) in [6.07, 6.45) is 0.751. The molecule has 0 heterocycles. The maximum atomic E-state index is 12.4. The van der Waals surface area contributed by atoms with E-state index in [-0.39, 0.29) is 29.3 Å². The number of aromatic hydroxyl groups is 1. The molecule has 1 amide bonds. The van der Waals surface area contributed by atoms with E-state index in [0.29, 0.717) is 0 Å². The average Bonchev–Trinajstić information content (AvgIpc) is 2.78. The van der Waals surface area contributed by atoms with Crippen LogP contribution >= 0.6 is 0 Å². The number of fused-ring (bicyclic) bond motifs is 1. The molecule has 0 aromatic heterocycles. The Morgan fingerprint density at radius 1 is 1.29 bits per heavy atom. The van der Waals surface area contributed by atoms with Crippen molar-refractivity contribution in [1.29, 1.82) is 0 Å². The van der Waals surface area contributed by atoms with E-state index < -0.39 is 0 Å². The molecule has 0 spiro atoms. The van der Waals surface area contributed by atoms with Gasteiger partial charge in [0.15, 0.2) is 0 Å². The van der Waals surface area contributed by atoms with Gasteiger partial charge in [-0.15, -0.1) is 0 Å². The van der Waals surface area contributed by atoms with Crippen LogP contribution in [0.3, 0.4) is 0 Å². The lowest BCUT2D eigenvalue weighted by atomic mass is 10.1. The Kier molecular flexibility index (Phi) is 3.39. The van der Waals surface area contributed by atoms with E-state index in [1.807, 2.05) is 31.2 Å². The Balaban J connectivity index is 1.87. The van der Waals surface area contributed by atoms with Crippen LogP contribution in [0.1, 0.15) is 33.1 Å². The van der Waals surface area contributed by atoms with Crippen LogP contribution in [0.4, 0.5) is 0 Å². The Morgan fingerprint density at radius 2 is 2.05 bits per heavy atom. The van der Waals surface area contributed by atoms with Gasteiger partial charge in [-0.05, 0) is 36.6 Å². The quantitative estimate of drug-likeness (QED) is 0.789. The van der Waals surface area contributed by atoms with E-state index in [1.165, 1.54) is 11.6 Å². The fourth-order valence-corrected chi connectivity index (χ4v) is 2.86. The molecule has 4 nitrogen and oxygen atoms in total. The summed E-state index contributed by atoms with van der Waals surface area (Å²) in [7, 11) is 0. The number of phenolic OH excluding ortho intramolecular Hbond substituents is 1. The number of aryl methyl sites for hydroxylation is 1. The third-order valence-electron chi connectivity index (χ3n) is 3.96. The van der Waals surface area contributed by atoms with E-state index in [0.717, 1.165) is 17.5 Å². The van der Waals surface area contributed by atoms with Crippen LogP contribution in [-0.4, -0.2) is 17.1 Å². The van der Waals surface area contributed by atoms with Crippen LogP contribution in [0, 0.1) is 6.92 Å². The van der Waals surface area contributed by atoms with Crippen molar-refractivity contribution >= 4 is 5.91 Å². The molecule has 0 fully saturated rings. The molecular weight excluding hydrogens is 264 g/mol. The van der Waals surface area contributed by atoms with Gasteiger partial charge in [0, 0.05) is 6.04 Å². The Hall–Kier alpha value is -2.33. The monoisotopic (exact) mass is 282 g/mol. The number of phenols is 1. The van der Waals surface area contributed by atoms with Crippen molar-refractivity contribution in [3.63, 3.8) is 0 Å². The third-order valence-corrected chi connectivity index (χ3v) is 3.96. The minimum atomic E-state index is -0.298. The summed E-state index contributed by atoms with van der Waals surface area (Å²) in [5, 5.41) is 12.8. The van der Waals surface area contributed by atoms with E-state index in [4.69, 9.17) is 5.73 Å². The molecule has 1 aliphatic rings. The topological polar surface area (TPSA) is 75.3 Å². The van der Waals surface area contributed by atoms with E-state index in [9.17, 15) is 9.90 Å². The highest BCUT2D eigenvalue weighted by atomic mass is 16.3. The minimum absolute atomic E-state index is 0.0158. The van der Waals surface area contributed by atoms with Crippen LogP contribution < -0.4 is 11.1 Å². The van der Waals surface area contributed by atoms with Gasteiger partial charge in [-0.2, -0.15) is 0 Å². The molecule has 2 aromatic carbocycles. The second-order valence-corrected chi connectivity index (χ2v) is 5.54. The van der Waals surface area contributed by atoms with Gasteiger partial charge in [0.05, 0.1) is 11.6 Å². The molecule has 4 heteroatoms. The summed E-state index contributed by atoms with van der Waals surface area (Å²) in [5.41, 5.74) is 9.59. The molecule has 0 saturated heterocycles. The van der Waals surface area contributed by atoms with Crippen molar-refractivity contribution in [1.82, 2.24) is 5.32 Å². The SMILES string of the molecule is Cc1ccc(O)c(C(=O)NC2c3ccccc3CC2N)c1. The number of nitrogens with one attached hydrogen (secondary N) is 1.